The molecule has 0 aliphatic carbocycles. The van der Waals surface area contributed by atoms with Crippen molar-refractivity contribution in [2.24, 2.45) is 0 Å². The summed E-state index contributed by atoms with van der Waals surface area (Å²) in [4.78, 5) is 23.4. The number of aryl methyl sites for hydroxylation is 1. The van der Waals surface area contributed by atoms with Gasteiger partial charge in [0.05, 0.1) is 19.8 Å². The van der Waals surface area contributed by atoms with E-state index in [1.165, 1.54) is 12.2 Å². The van der Waals surface area contributed by atoms with Gasteiger partial charge in [-0.15, -0.1) is 0 Å². The van der Waals surface area contributed by atoms with Crippen LogP contribution < -0.4 is 4.74 Å². The minimum absolute atomic E-state index is 0.126. The number of ether oxygens (including phenoxy) is 5. The maximum atomic E-state index is 11.9. The first-order valence-corrected chi connectivity index (χ1v) is 9.88. The second-order valence-electron chi connectivity index (χ2n) is 5.91. The van der Waals surface area contributed by atoms with Crippen molar-refractivity contribution in [2.75, 3.05) is 39.6 Å². The summed E-state index contributed by atoms with van der Waals surface area (Å²) >= 11 is 5.89. The molecule has 164 valence electrons. The summed E-state index contributed by atoms with van der Waals surface area (Å²) in [6.07, 6.45) is 1.71. The third kappa shape index (κ3) is 11.5. The van der Waals surface area contributed by atoms with Gasteiger partial charge in [-0.2, -0.15) is 0 Å². The van der Waals surface area contributed by atoms with Gasteiger partial charge in [0.25, 0.3) is 0 Å². The Balaban J connectivity index is 2.20. The average molecular weight is 439 g/mol. The van der Waals surface area contributed by atoms with Gasteiger partial charge in [-0.1, -0.05) is 23.4 Å². The van der Waals surface area contributed by atoms with Gasteiger partial charge in [-0.05, 0) is 50.6 Å². The summed E-state index contributed by atoms with van der Waals surface area (Å²) in [6.45, 7) is 7.23. The minimum atomic E-state index is -0.798. The molecule has 0 aliphatic rings. The fraction of sp³-hybridized carbons (Fsp3) is 0.455. The van der Waals surface area contributed by atoms with Gasteiger partial charge in [-0.25, -0.2) is 9.59 Å². The van der Waals surface area contributed by atoms with Crippen molar-refractivity contribution in [3.8, 4) is 17.6 Å². The van der Waals surface area contributed by atoms with E-state index in [1.54, 1.807) is 25.1 Å². The van der Waals surface area contributed by atoms with Crippen molar-refractivity contribution < 1.29 is 33.3 Å². The summed E-state index contributed by atoms with van der Waals surface area (Å²) in [7, 11) is 0. The summed E-state index contributed by atoms with van der Waals surface area (Å²) in [6, 6.07) is 5.12. The molecule has 0 N–H and O–H groups in total. The molecule has 0 heterocycles. The number of esters is 2. The zero-order chi connectivity index (χ0) is 22.2. The predicted molar refractivity (Wildman–Crippen MR) is 112 cm³/mol. The Morgan fingerprint density at radius 1 is 1.13 bits per heavy atom. The van der Waals surface area contributed by atoms with Gasteiger partial charge < -0.3 is 23.7 Å². The molecule has 0 aromatic heterocycles. The number of rotatable bonds is 12. The van der Waals surface area contributed by atoms with E-state index in [0.717, 1.165) is 5.56 Å². The lowest BCUT2D eigenvalue weighted by molar-refractivity contribution is -0.149. The van der Waals surface area contributed by atoms with Crippen molar-refractivity contribution in [1.29, 1.82) is 0 Å². The second kappa shape index (κ2) is 15.3. The number of carbonyl (C=O) groups excluding carboxylic acids is 2. The molecule has 0 saturated heterocycles. The SMILES string of the molecule is CCOCCOCCOC(=O)C=CC#CCOC(=O)C(C)Oc1ccc(Cl)cc1C. The van der Waals surface area contributed by atoms with Crippen molar-refractivity contribution in [3.63, 3.8) is 0 Å². The Morgan fingerprint density at radius 2 is 1.87 bits per heavy atom. The number of carbonyl (C=O) groups is 2. The molecule has 0 aliphatic heterocycles. The van der Waals surface area contributed by atoms with E-state index in [1.807, 2.05) is 13.8 Å². The Labute approximate surface area is 182 Å². The lowest BCUT2D eigenvalue weighted by atomic mass is 10.2. The van der Waals surface area contributed by atoms with E-state index < -0.39 is 18.0 Å². The van der Waals surface area contributed by atoms with Crippen molar-refractivity contribution in [3.05, 3.63) is 40.9 Å². The highest BCUT2D eigenvalue weighted by atomic mass is 35.5. The molecule has 8 heteroatoms. The highest BCUT2D eigenvalue weighted by Gasteiger charge is 2.16. The van der Waals surface area contributed by atoms with Crippen LogP contribution in [0.4, 0.5) is 0 Å². The molecule has 1 atom stereocenters. The summed E-state index contributed by atoms with van der Waals surface area (Å²) in [5.74, 6) is 4.66. The molecule has 0 radical (unpaired) electrons. The number of allylic oxidation sites excluding steroid dienone is 1. The van der Waals surface area contributed by atoms with Crippen LogP contribution in [-0.4, -0.2) is 57.7 Å². The van der Waals surface area contributed by atoms with Crippen LogP contribution >= 0.6 is 11.6 Å². The molecule has 0 amide bonds. The van der Waals surface area contributed by atoms with Crippen molar-refractivity contribution in [2.45, 2.75) is 26.9 Å². The zero-order valence-corrected chi connectivity index (χ0v) is 18.2. The van der Waals surface area contributed by atoms with Crippen molar-refractivity contribution >= 4 is 23.5 Å². The Bertz CT molecular complexity index is 764. The minimum Gasteiger partial charge on any atom is -0.479 e. The van der Waals surface area contributed by atoms with Gasteiger partial charge in [0.15, 0.2) is 12.7 Å². The predicted octanol–water partition coefficient (Wildman–Crippen LogP) is 3.11. The standard InChI is InChI=1S/C22H27ClO7/c1-4-26-12-13-27-14-15-28-21(24)8-6-5-7-11-29-22(25)18(3)30-20-10-9-19(23)16-17(20)2/h6,8-10,16,18H,4,11-15H2,1-3H3. The number of benzene rings is 1. The monoisotopic (exact) mass is 438 g/mol. The van der Waals surface area contributed by atoms with Crippen LogP contribution in [-0.2, 0) is 28.5 Å². The third-order valence-corrected chi connectivity index (χ3v) is 3.75. The Kier molecular flexibility index (Phi) is 13.0. The lowest BCUT2D eigenvalue weighted by Crippen LogP contribution is -2.26. The molecule has 30 heavy (non-hydrogen) atoms. The van der Waals surface area contributed by atoms with Gasteiger partial charge in [0.2, 0.25) is 0 Å². The van der Waals surface area contributed by atoms with E-state index in [-0.39, 0.29) is 13.2 Å². The van der Waals surface area contributed by atoms with Crippen LogP contribution in [0.3, 0.4) is 0 Å². The van der Waals surface area contributed by atoms with Crippen molar-refractivity contribution in [1.82, 2.24) is 0 Å². The Hall–Kier alpha value is -2.53. The third-order valence-electron chi connectivity index (χ3n) is 3.51. The maximum Gasteiger partial charge on any atom is 0.347 e. The molecule has 0 saturated carbocycles. The molecule has 1 aromatic carbocycles. The Morgan fingerprint density at radius 3 is 2.60 bits per heavy atom. The van der Waals surface area contributed by atoms with Crippen LogP contribution in [0, 0.1) is 18.8 Å². The molecule has 1 unspecified atom stereocenters. The smallest absolute Gasteiger partial charge is 0.347 e. The second-order valence-corrected chi connectivity index (χ2v) is 6.35. The van der Waals surface area contributed by atoms with Gasteiger partial charge in [0, 0.05) is 17.7 Å². The molecular formula is C22H27ClO7. The van der Waals surface area contributed by atoms with E-state index in [9.17, 15) is 9.59 Å². The normalized spacial score (nSPS) is 11.5. The average Bonchev–Trinajstić information content (AvgIpc) is 2.71. The van der Waals surface area contributed by atoms with E-state index in [0.29, 0.717) is 37.2 Å². The first kappa shape index (κ1) is 25.5. The number of hydrogen-bond acceptors (Lipinski definition) is 7. The van der Waals surface area contributed by atoms with Gasteiger partial charge in [0.1, 0.15) is 12.4 Å². The number of halogens is 1. The topological polar surface area (TPSA) is 80.3 Å². The molecule has 0 spiro atoms. The fourth-order valence-corrected chi connectivity index (χ4v) is 2.26. The first-order valence-electron chi connectivity index (χ1n) is 9.50. The van der Waals surface area contributed by atoms with Crippen LogP contribution in [0.25, 0.3) is 0 Å². The quantitative estimate of drug-likeness (QED) is 0.215. The molecule has 7 nitrogen and oxygen atoms in total. The molecule has 1 aromatic rings. The summed E-state index contributed by atoms with van der Waals surface area (Å²) in [5, 5.41) is 0.591. The highest BCUT2D eigenvalue weighted by Crippen LogP contribution is 2.22. The summed E-state index contributed by atoms with van der Waals surface area (Å²) < 4.78 is 25.9. The first-order chi connectivity index (χ1) is 14.4. The molecule has 0 bridgehead atoms. The number of hydrogen-bond donors (Lipinski definition) is 0. The van der Waals surface area contributed by atoms with E-state index in [2.05, 4.69) is 11.8 Å². The van der Waals surface area contributed by atoms with E-state index >= 15 is 0 Å². The van der Waals surface area contributed by atoms with Crippen LogP contribution in [0.5, 0.6) is 5.75 Å². The van der Waals surface area contributed by atoms with Crippen LogP contribution in [0.15, 0.2) is 30.4 Å². The molecule has 1 rings (SSSR count). The van der Waals surface area contributed by atoms with E-state index in [4.69, 9.17) is 35.3 Å². The largest absolute Gasteiger partial charge is 0.479 e. The summed E-state index contributed by atoms with van der Waals surface area (Å²) in [5.41, 5.74) is 0.816. The van der Waals surface area contributed by atoms with Crippen LogP contribution in [0.1, 0.15) is 19.4 Å². The maximum absolute atomic E-state index is 11.9. The van der Waals surface area contributed by atoms with Gasteiger partial charge in [-0.3, -0.25) is 0 Å². The van der Waals surface area contributed by atoms with Crippen LogP contribution in [0.2, 0.25) is 5.02 Å². The fourth-order valence-electron chi connectivity index (χ4n) is 2.03. The van der Waals surface area contributed by atoms with Gasteiger partial charge >= 0.3 is 11.9 Å². The molecule has 0 fully saturated rings. The highest BCUT2D eigenvalue weighted by molar-refractivity contribution is 6.30. The molecular weight excluding hydrogens is 412 g/mol. The zero-order valence-electron chi connectivity index (χ0n) is 17.4. The lowest BCUT2D eigenvalue weighted by Gasteiger charge is -2.14.